The van der Waals surface area contributed by atoms with Gasteiger partial charge in [-0.3, -0.25) is 0 Å². The Kier molecular flexibility index (Phi) is 3.38. The van der Waals surface area contributed by atoms with Crippen LogP contribution in [0.1, 0.15) is 23.4 Å². The molecular weight excluding hydrogens is 208 g/mol. The topological polar surface area (TPSA) is 34.1 Å². The highest BCUT2D eigenvalue weighted by molar-refractivity contribution is 7.09. The number of methoxy groups -OCH3 is 1. The number of aromatic nitrogens is 1. The predicted octanol–water partition coefficient (Wildman–Crippen LogP) is 1.76. The smallest absolute Gasteiger partial charge is 0.0797 e. The molecule has 1 aromatic rings. The van der Waals surface area contributed by atoms with Gasteiger partial charge in [0, 0.05) is 18.4 Å². The maximum atomic E-state index is 5.75. The van der Waals surface area contributed by atoms with Gasteiger partial charge in [0.1, 0.15) is 0 Å². The van der Waals surface area contributed by atoms with E-state index in [-0.39, 0.29) is 5.60 Å². The summed E-state index contributed by atoms with van der Waals surface area (Å²) in [5, 5.41) is 3.38. The van der Waals surface area contributed by atoms with Crippen LogP contribution in [0, 0.1) is 6.92 Å². The summed E-state index contributed by atoms with van der Waals surface area (Å²) in [6, 6.07) is 0. The Hall–Kier alpha value is -0.450. The van der Waals surface area contributed by atoms with E-state index in [1.807, 2.05) is 12.6 Å². The molecule has 0 spiro atoms. The number of hydrogen-bond donors (Lipinski definition) is 1. The van der Waals surface area contributed by atoms with E-state index in [4.69, 9.17) is 4.74 Å². The van der Waals surface area contributed by atoms with Crippen molar-refractivity contribution in [2.45, 2.75) is 31.8 Å². The number of hydrogen-bond acceptors (Lipinski definition) is 4. The van der Waals surface area contributed by atoms with Crippen LogP contribution in [-0.4, -0.2) is 30.8 Å². The van der Waals surface area contributed by atoms with Gasteiger partial charge >= 0.3 is 0 Å². The second kappa shape index (κ2) is 4.60. The number of thiazole rings is 1. The minimum atomic E-state index is 0.0442. The Morgan fingerprint density at radius 1 is 1.53 bits per heavy atom. The van der Waals surface area contributed by atoms with Crippen molar-refractivity contribution in [3.63, 3.8) is 0 Å². The Labute approximate surface area is 94.9 Å². The Morgan fingerprint density at radius 2 is 2.27 bits per heavy atom. The van der Waals surface area contributed by atoms with Gasteiger partial charge in [-0.1, -0.05) is 0 Å². The van der Waals surface area contributed by atoms with E-state index in [1.54, 1.807) is 11.3 Å². The zero-order valence-corrected chi connectivity index (χ0v) is 10.2. The third kappa shape index (κ3) is 2.38. The van der Waals surface area contributed by atoms with Gasteiger partial charge in [0.2, 0.25) is 0 Å². The molecule has 3 nitrogen and oxygen atoms in total. The molecule has 84 valence electrons. The monoisotopic (exact) mass is 226 g/mol. The van der Waals surface area contributed by atoms with Crippen molar-refractivity contribution in [2.75, 3.05) is 20.2 Å². The molecule has 1 saturated heterocycles. The molecule has 0 radical (unpaired) electrons. The lowest BCUT2D eigenvalue weighted by Gasteiger charge is -2.36. The molecule has 0 saturated carbocycles. The molecule has 0 aliphatic carbocycles. The molecular formula is C11H18N2OS. The first-order valence-corrected chi connectivity index (χ1v) is 6.28. The summed E-state index contributed by atoms with van der Waals surface area (Å²) < 4.78 is 5.75. The quantitative estimate of drug-likeness (QED) is 0.853. The second-order valence-corrected chi connectivity index (χ2v) is 5.11. The van der Waals surface area contributed by atoms with Gasteiger partial charge in [0.05, 0.1) is 16.8 Å². The number of nitrogens with zero attached hydrogens (tertiary/aromatic N) is 1. The molecule has 1 fully saturated rings. The van der Waals surface area contributed by atoms with Crippen LogP contribution in [-0.2, 0) is 11.2 Å². The fourth-order valence-corrected chi connectivity index (χ4v) is 3.03. The highest BCUT2D eigenvalue weighted by atomic mass is 32.1. The van der Waals surface area contributed by atoms with Gasteiger partial charge in [0.25, 0.3) is 0 Å². The van der Waals surface area contributed by atoms with Gasteiger partial charge in [0.15, 0.2) is 0 Å². The Balaban J connectivity index is 2.10. The van der Waals surface area contributed by atoms with Crippen LogP contribution in [0.5, 0.6) is 0 Å². The maximum absolute atomic E-state index is 5.75. The first-order valence-electron chi connectivity index (χ1n) is 5.41. The summed E-state index contributed by atoms with van der Waals surface area (Å²) in [6.07, 6.45) is 3.21. The van der Waals surface area contributed by atoms with E-state index in [2.05, 4.69) is 17.2 Å². The van der Waals surface area contributed by atoms with Crippen LogP contribution in [0.4, 0.5) is 0 Å². The van der Waals surface area contributed by atoms with E-state index in [0.29, 0.717) is 0 Å². The first-order chi connectivity index (χ1) is 7.26. The van der Waals surface area contributed by atoms with Gasteiger partial charge in [-0.25, -0.2) is 4.98 Å². The summed E-state index contributed by atoms with van der Waals surface area (Å²) in [5.74, 6) is 0. The average molecular weight is 226 g/mol. The lowest BCUT2D eigenvalue weighted by Crippen LogP contribution is -2.44. The molecule has 2 heterocycles. The fraction of sp³-hybridized carbons (Fsp3) is 0.727. The Bertz CT molecular complexity index is 318. The van der Waals surface area contributed by atoms with Crippen molar-refractivity contribution in [2.24, 2.45) is 0 Å². The summed E-state index contributed by atoms with van der Waals surface area (Å²) in [7, 11) is 1.84. The van der Waals surface area contributed by atoms with Crippen LogP contribution in [0.15, 0.2) is 5.51 Å². The Morgan fingerprint density at radius 3 is 2.80 bits per heavy atom. The predicted molar refractivity (Wildman–Crippen MR) is 62.4 cm³/mol. The van der Waals surface area contributed by atoms with Gasteiger partial charge in [-0.05, 0) is 32.9 Å². The third-order valence-corrected chi connectivity index (χ3v) is 4.21. The number of nitrogens with one attached hydrogen (secondary N) is 1. The third-order valence-electron chi connectivity index (χ3n) is 3.28. The van der Waals surface area contributed by atoms with Crippen molar-refractivity contribution in [3.8, 4) is 0 Å². The highest BCUT2D eigenvalue weighted by Crippen LogP contribution is 2.29. The second-order valence-electron chi connectivity index (χ2n) is 4.17. The molecule has 0 atom stereocenters. The largest absolute Gasteiger partial charge is 0.378 e. The van der Waals surface area contributed by atoms with E-state index in [1.165, 1.54) is 4.88 Å². The van der Waals surface area contributed by atoms with Crippen molar-refractivity contribution in [1.82, 2.24) is 10.3 Å². The van der Waals surface area contributed by atoms with Gasteiger partial charge in [-0.2, -0.15) is 0 Å². The molecule has 0 amide bonds. The molecule has 4 heteroatoms. The normalized spacial score (nSPS) is 20.4. The van der Waals surface area contributed by atoms with E-state index in [9.17, 15) is 0 Å². The molecule has 1 aromatic heterocycles. The highest BCUT2D eigenvalue weighted by Gasteiger charge is 2.32. The molecule has 0 aromatic carbocycles. The molecule has 2 rings (SSSR count). The molecule has 1 N–H and O–H groups in total. The van der Waals surface area contributed by atoms with Crippen molar-refractivity contribution >= 4 is 11.3 Å². The van der Waals surface area contributed by atoms with E-state index < -0.39 is 0 Å². The number of aryl methyl sites for hydroxylation is 1. The first kappa shape index (κ1) is 11.0. The van der Waals surface area contributed by atoms with Crippen LogP contribution in [0.25, 0.3) is 0 Å². The minimum absolute atomic E-state index is 0.0442. The van der Waals surface area contributed by atoms with Crippen LogP contribution in [0.3, 0.4) is 0 Å². The average Bonchev–Trinajstić information content (AvgIpc) is 2.66. The SMILES string of the molecule is COC1(Cc2scnc2C)CCNCC1. The zero-order valence-electron chi connectivity index (χ0n) is 9.38. The van der Waals surface area contributed by atoms with Crippen LogP contribution in [0.2, 0.25) is 0 Å². The lowest BCUT2D eigenvalue weighted by molar-refractivity contribution is -0.0329. The molecule has 15 heavy (non-hydrogen) atoms. The van der Waals surface area contributed by atoms with Crippen LogP contribution >= 0.6 is 11.3 Å². The van der Waals surface area contributed by atoms with Gasteiger partial charge in [-0.15, -0.1) is 11.3 Å². The summed E-state index contributed by atoms with van der Waals surface area (Å²) in [6.45, 7) is 4.20. The maximum Gasteiger partial charge on any atom is 0.0797 e. The van der Waals surface area contributed by atoms with Crippen LogP contribution < -0.4 is 5.32 Å². The standard InChI is InChI=1S/C11H18N2OS/c1-9-10(15-8-13-9)7-11(14-2)3-5-12-6-4-11/h8,12H,3-7H2,1-2H3. The van der Waals surface area contributed by atoms with E-state index >= 15 is 0 Å². The summed E-state index contributed by atoms with van der Waals surface area (Å²) in [5.41, 5.74) is 3.13. The summed E-state index contributed by atoms with van der Waals surface area (Å²) in [4.78, 5) is 5.67. The molecule has 0 bridgehead atoms. The van der Waals surface area contributed by atoms with Crippen molar-refractivity contribution < 1.29 is 4.74 Å². The van der Waals surface area contributed by atoms with Gasteiger partial charge < -0.3 is 10.1 Å². The number of ether oxygens (including phenoxy) is 1. The zero-order chi connectivity index (χ0) is 10.7. The molecule has 0 unspecified atom stereocenters. The molecule has 1 aliphatic heterocycles. The van der Waals surface area contributed by atoms with Crippen molar-refractivity contribution in [1.29, 1.82) is 0 Å². The lowest BCUT2D eigenvalue weighted by atomic mass is 9.88. The number of piperidine rings is 1. The van der Waals surface area contributed by atoms with Crippen molar-refractivity contribution in [3.05, 3.63) is 16.1 Å². The molecule has 1 aliphatic rings. The minimum Gasteiger partial charge on any atom is -0.378 e. The fourth-order valence-electron chi connectivity index (χ4n) is 2.12. The van der Waals surface area contributed by atoms with E-state index in [0.717, 1.165) is 38.0 Å². The number of rotatable bonds is 3. The summed E-state index contributed by atoms with van der Waals surface area (Å²) >= 11 is 1.75.